The normalized spacial score (nSPS) is 38.4. The van der Waals surface area contributed by atoms with Crippen LogP contribution in [0.25, 0.3) is 0 Å². The summed E-state index contributed by atoms with van der Waals surface area (Å²) < 4.78 is 4.94. The van der Waals surface area contributed by atoms with Gasteiger partial charge in [0.05, 0.1) is 18.8 Å². The van der Waals surface area contributed by atoms with Crippen molar-refractivity contribution in [1.82, 2.24) is 10.2 Å². The third-order valence-electron chi connectivity index (χ3n) is 2.54. The highest BCUT2D eigenvalue weighted by Crippen LogP contribution is 2.12. The van der Waals surface area contributed by atoms with Crippen LogP contribution in [0.4, 0.5) is 4.79 Å². The number of nitrogens with one attached hydrogen (secondary N) is 1. The zero-order valence-corrected chi connectivity index (χ0v) is 7.72. The van der Waals surface area contributed by atoms with E-state index in [9.17, 15) is 15.0 Å². The van der Waals surface area contributed by atoms with Crippen LogP contribution in [0, 0.1) is 0 Å². The highest BCUT2D eigenvalue weighted by atomic mass is 16.6. The molecular formula is C8H14N2O4. The predicted octanol–water partition coefficient (Wildman–Crippen LogP) is -1.87. The van der Waals surface area contributed by atoms with E-state index in [1.807, 2.05) is 4.90 Å². The van der Waals surface area contributed by atoms with Gasteiger partial charge in [-0.3, -0.25) is 4.90 Å². The first-order valence-corrected chi connectivity index (χ1v) is 4.68. The average Bonchev–Trinajstić information content (AvgIpc) is 2.62. The molecule has 0 radical (unpaired) electrons. The van der Waals surface area contributed by atoms with E-state index in [4.69, 9.17) is 4.74 Å². The lowest BCUT2D eigenvalue weighted by atomic mass is 10.3. The Bertz CT molecular complexity index is 225. The Balaban J connectivity index is 1.79. The van der Waals surface area contributed by atoms with Gasteiger partial charge in [0.2, 0.25) is 0 Å². The lowest BCUT2D eigenvalue weighted by Crippen LogP contribution is -2.33. The smallest absolute Gasteiger partial charge is 0.407 e. The molecule has 2 rings (SSSR count). The van der Waals surface area contributed by atoms with Crippen LogP contribution in [0.2, 0.25) is 0 Å². The molecule has 2 fully saturated rings. The first-order valence-electron chi connectivity index (χ1n) is 4.68. The number of carbonyl (C=O) groups is 1. The van der Waals surface area contributed by atoms with E-state index >= 15 is 0 Å². The van der Waals surface area contributed by atoms with Gasteiger partial charge < -0.3 is 20.3 Å². The Kier molecular flexibility index (Phi) is 2.58. The first kappa shape index (κ1) is 9.70. The Morgan fingerprint density at radius 3 is 2.57 bits per heavy atom. The summed E-state index contributed by atoms with van der Waals surface area (Å²) in [6.45, 7) is 1.94. The summed E-state index contributed by atoms with van der Waals surface area (Å²) in [4.78, 5) is 12.6. The molecule has 0 spiro atoms. The second-order valence-electron chi connectivity index (χ2n) is 3.76. The van der Waals surface area contributed by atoms with Crippen LogP contribution in [0.3, 0.4) is 0 Å². The van der Waals surface area contributed by atoms with Crippen molar-refractivity contribution in [3.63, 3.8) is 0 Å². The quantitative estimate of drug-likeness (QED) is 0.489. The van der Waals surface area contributed by atoms with E-state index < -0.39 is 18.3 Å². The van der Waals surface area contributed by atoms with Gasteiger partial charge in [0.1, 0.15) is 6.10 Å². The van der Waals surface area contributed by atoms with Gasteiger partial charge in [-0.1, -0.05) is 0 Å². The van der Waals surface area contributed by atoms with Crippen molar-refractivity contribution in [2.24, 2.45) is 0 Å². The van der Waals surface area contributed by atoms with Crippen molar-refractivity contribution in [1.29, 1.82) is 0 Å². The molecule has 0 aromatic rings. The molecule has 2 heterocycles. The van der Waals surface area contributed by atoms with Crippen molar-refractivity contribution in [3.05, 3.63) is 0 Å². The number of likely N-dealkylation sites (tertiary alicyclic amines) is 1. The summed E-state index contributed by atoms with van der Waals surface area (Å²) in [5.41, 5.74) is 0. The van der Waals surface area contributed by atoms with E-state index in [1.165, 1.54) is 0 Å². The molecule has 0 aromatic carbocycles. The number of amides is 1. The highest BCUT2D eigenvalue weighted by Gasteiger charge is 2.33. The fourth-order valence-electron chi connectivity index (χ4n) is 1.82. The van der Waals surface area contributed by atoms with Crippen LogP contribution in [0.1, 0.15) is 0 Å². The molecule has 3 unspecified atom stereocenters. The number of carbonyl (C=O) groups excluding carboxylic acids is 1. The number of alkyl carbamates (subject to hydrolysis) is 1. The Labute approximate surface area is 81.5 Å². The Morgan fingerprint density at radius 2 is 2.07 bits per heavy atom. The van der Waals surface area contributed by atoms with Gasteiger partial charge in [0, 0.05) is 19.6 Å². The van der Waals surface area contributed by atoms with Crippen LogP contribution in [-0.2, 0) is 4.74 Å². The number of β-amino-alcohol motifs (C(OH)–C–C–N with tert-alkyl or cyclic N) is 2. The summed E-state index contributed by atoms with van der Waals surface area (Å²) in [5.74, 6) is 0. The molecule has 6 nitrogen and oxygen atoms in total. The summed E-state index contributed by atoms with van der Waals surface area (Å²) in [6.07, 6.45) is -1.92. The lowest BCUT2D eigenvalue weighted by Gasteiger charge is -2.17. The summed E-state index contributed by atoms with van der Waals surface area (Å²) in [7, 11) is 0. The zero-order chi connectivity index (χ0) is 10.1. The molecule has 0 aromatic heterocycles. The molecule has 2 aliphatic heterocycles. The molecule has 3 atom stereocenters. The van der Waals surface area contributed by atoms with Crippen LogP contribution in [0.15, 0.2) is 0 Å². The molecule has 80 valence electrons. The largest absolute Gasteiger partial charge is 0.443 e. The fourth-order valence-corrected chi connectivity index (χ4v) is 1.82. The maximum atomic E-state index is 10.7. The van der Waals surface area contributed by atoms with Gasteiger partial charge >= 0.3 is 6.09 Å². The maximum absolute atomic E-state index is 10.7. The second kappa shape index (κ2) is 3.72. The number of hydrogen-bond acceptors (Lipinski definition) is 5. The number of cyclic esters (lactones) is 1. The predicted molar refractivity (Wildman–Crippen MR) is 46.7 cm³/mol. The van der Waals surface area contributed by atoms with Crippen LogP contribution < -0.4 is 5.32 Å². The molecule has 1 amide bonds. The van der Waals surface area contributed by atoms with Gasteiger partial charge in [0.15, 0.2) is 0 Å². The highest BCUT2D eigenvalue weighted by molar-refractivity contribution is 5.69. The molecule has 3 N–H and O–H groups in total. The second-order valence-corrected chi connectivity index (χ2v) is 3.76. The monoisotopic (exact) mass is 202 g/mol. The van der Waals surface area contributed by atoms with E-state index in [1.54, 1.807) is 0 Å². The van der Waals surface area contributed by atoms with Gasteiger partial charge in [-0.2, -0.15) is 0 Å². The SMILES string of the molecule is O=C1NCC(CN2CC(O)C(O)C2)O1. The molecule has 0 aliphatic carbocycles. The van der Waals surface area contributed by atoms with Crippen LogP contribution in [0.5, 0.6) is 0 Å². The van der Waals surface area contributed by atoms with E-state index in [2.05, 4.69) is 5.32 Å². The lowest BCUT2D eigenvalue weighted by molar-refractivity contribution is 0.0572. The minimum Gasteiger partial charge on any atom is -0.443 e. The molecule has 2 saturated heterocycles. The number of hydrogen-bond donors (Lipinski definition) is 3. The zero-order valence-electron chi connectivity index (χ0n) is 7.72. The van der Waals surface area contributed by atoms with Crippen molar-refractivity contribution >= 4 is 6.09 Å². The van der Waals surface area contributed by atoms with Crippen molar-refractivity contribution < 1.29 is 19.7 Å². The number of aliphatic hydroxyl groups excluding tert-OH is 2. The number of nitrogens with zero attached hydrogens (tertiary/aromatic N) is 1. The number of rotatable bonds is 2. The molecule has 0 bridgehead atoms. The molecule has 6 heteroatoms. The summed E-state index contributed by atoms with van der Waals surface area (Å²) in [5, 5.41) is 21.1. The molecule has 14 heavy (non-hydrogen) atoms. The fraction of sp³-hybridized carbons (Fsp3) is 0.875. The molecule has 2 aliphatic rings. The minimum atomic E-state index is -0.680. The first-order chi connectivity index (χ1) is 6.65. The van der Waals surface area contributed by atoms with E-state index in [0.29, 0.717) is 26.2 Å². The van der Waals surface area contributed by atoms with Gasteiger partial charge in [0.25, 0.3) is 0 Å². The number of aliphatic hydroxyl groups is 2. The van der Waals surface area contributed by atoms with Crippen LogP contribution in [-0.4, -0.2) is 65.7 Å². The molecule has 0 saturated carbocycles. The third-order valence-corrected chi connectivity index (χ3v) is 2.54. The summed E-state index contributed by atoms with van der Waals surface area (Å²) in [6, 6.07) is 0. The van der Waals surface area contributed by atoms with Crippen molar-refractivity contribution in [2.45, 2.75) is 18.3 Å². The van der Waals surface area contributed by atoms with Crippen molar-refractivity contribution in [2.75, 3.05) is 26.2 Å². The topological polar surface area (TPSA) is 82.0 Å². The van der Waals surface area contributed by atoms with Crippen LogP contribution >= 0.6 is 0 Å². The maximum Gasteiger partial charge on any atom is 0.407 e. The minimum absolute atomic E-state index is 0.167. The van der Waals surface area contributed by atoms with Gasteiger partial charge in [-0.25, -0.2) is 4.79 Å². The Hall–Kier alpha value is -0.850. The Morgan fingerprint density at radius 1 is 1.43 bits per heavy atom. The average molecular weight is 202 g/mol. The summed E-state index contributed by atoms with van der Waals surface area (Å²) >= 11 is 0. The van der Waals surface area contributed by atoms with E-state index in [-0.39, 0.29) is 6.10 Å². The third kappa shape index (κ3) is 1.97. The van der Waals surface area contributed by atoms with E-state index in [0.717, 1.165) is 0 Å². The number of ether oxygens (including phenoxy) is 1. The van der Waals surface area contributed by atoms with Gasteiger partial charge in [-0.15, -0.1) is 0 Å². The van der Waals surface area contributed by atoms with Gasteiger partial charge in [-0.05, 0) is 0 Å². The van der Waals surface area contributed by atoms with Crippen molar-refractivity contribution in [3.8, 4) is 0 Å². The molecular weight excluding hydrogens is 188 g/mol. The standard InChI is InChI=1S/C8H14N2O4/c11-6-3-10(4-7(6)12)2-5-1-9-8(13)14-5/h5-7,11-12H,1-4H2,(H,9,13).